The Hall–Kier alpha value is -2.70. The normalized spacial score (nSPS) is 18.7. The fourth-order valence-corrected chi connectivity index (χ4v) is 3.91. The highest BCUT2D eigenvalue weighted by molar-refractivity contribution is 6.32. The lowest BCUT2D eigenvalue weighted by Crippen LogP contribution is -2.13. The van der Waals surface area contributed by atoms with Crippen molar-refractivity contribution in [2.45, 2.75) is 38.8 Å². The molecule has 2 aromatic carbocycles. The van der Waals surface area contributed by atoms with Gasteiger partial charge >= 0.3 is 0 Å². The molecule has 156 valence electrons. The summed E-state index contributed by atoms with van der Waals surface area (Å²) in [4.78, 5) is 15.2. The van der Waals surface area contributed by atoms with E-state index < -0.39 is 0 Å². The van der Waals surface area contributed by atoms with Crippen molar-refractivity contribution in [3.05, 3.63) is 53.1 Å². The number of hydrogen-bond donors (Lipinski definition) is 1. The first kappa shape index (κ1) is 20.6. The molecule has 2 unspecified atom stereocenters. The molecule has 1 aliphatic heterocycles. The topological polar surface area (TPSA) is 77.2 Å². The van der Waals surface area contributed by atoms with E-state index in [0.717, 1.165) is 30.4 Å². The number of hydrogen-bond acceptors (Lipinski definition) is 6. The van der Waals surface area contributed by atoms with Gasteiger partial charge in [-0.1, -0.05) is 41.0 Å². The maximum Gasteiger partial charge on any atom is 0.258 e. The summed E-state index contributed by atoms with van der Waals surface area (Å²) < 4.78 is 11.1. The molecule has 0 amide bonds. The highest BCUT2D eigenvalue weighted by Gasteiger charge is 2.25. The smallest absolute Gasteiger partial charge is 0.258 e. The van der Waals surface area contributed by atoms with Gasteiger partial charge in [-0.25, -0.2) is 0 Å². The Morgan fingerprint density at radius 3 is 2.70 bits per heavy atom. The number of carbonyl (C=O) groups is 1. The van der Waals surface area contributed by atoms with E-state index in [0.29, 0.717) is 34.8 Å². The van der Waals surface area contributed by atoms with Crippen LogP contribution in [0.1, 0.15) is 38.3 Å². The molecule has 0 spiro atoms. The van der Waals surface area contributed by atoms with Gasteiger partial charge < -0.3 is 19.4 Å². The average molecular weight is 426 g/mol. The van der Waals surface area contributed by atoms with Crippen molar-refractivity contribution in [1.82, 2.24) is 15.5 Å². The van der Waals surface area contributed by atoms with Crippen LogP contribution in [0.2, 0.25) is 5.02 Å². The van der Waals surface area contributed by atoms with Crippen molar-refractivity contribution in [1.29, 1.82) is 0 Å². The Bertz CT molecular complexity index is 1020. The first-order valence-corrected chi connectivity index (χ1v) is 10.5. The van der Waals surface area contributed by atoms with Gasteiger partial charge in [0.2, 0.25) is 5.82 Å². The first-order valence-electron chi connectivity index (χ1n) is 10.1. The predicted molar refractivity (Wildman–Crippen MR) is 115 cm³/mol. The van der Waals surface area contributed by atoms with E-state index in [1.165, 1.54) is 5.56 Å². The van der Waals surface area contributed by atoms with Gasteiger partial charge in [-0.2, -0.15) is 4.98 Å². The second kappa shape index (κ2) is 8.98. The number of aromatic nitrogens is 2. The van der Waals surface area contributed by atoms with Crippen LogP contribution in [0.5, 0.6) is 5.75 Å². The number of nitrogens with one attached hydrogen (secondary N) is 1. The number of ether oxygens (including phenoxy) is 1. The van der Waals surface area contributed by atoms with Crippen molar-refractivity contribution in [2.24, 2.45) is 5.92 Å². The van der Waals surface area contributed by atoms with Crippen LogP contribution in [-0.2, 0) is 4.79 Å². The van der Waals surface area contributed by atoms with Crippen LogP contribution < -0.4 is 10.1 Å². The Morgan fingerprint density at radius 2 is 2.00 bits per heavy atom. The van der Waals surface area contributed by atoms with Crippen molar-refractivity contribution < 1.29 is 14.1 Å². The number of aldehydes is 1. The van der Waals surface area contributed by atoms with Crippen LogP contribution in [0.4, 0.5) is 0 Å². The van der Waals surface area contributed by atoms with Gasteiger partial charge in [0.05, 0.1) is 11.1 Å². The fourth-order valence-electron chi connectivity index (χ4n) is 3.68. The standard InChI is InChI=1S/C23H24ClN3O3/c1-14(2)29-21-8-7-18(12-19(21)24)23-26-22(27-30-23)17-5-3-16(4-6-17)20-11-15(9-10-28)13-25-20/h3-8,10,12,14-15,20,25H,9,11,13H2,1-2H3. The lowest BCUT2D eigenvalue weighted by Gasteiger charge is -2.11. The minimum Gasteiger partial charge on any atom is -0.489 e. The largest absolute Gasteiger partial charge is 0.489 e. The summed E-state index contributed by atoms with van der Waals surface area (Å²) in [5.41, 5.74) is 2.81. The quantitative estimate of drug-likeness (QED) is 0.531. The first-order chi connectivity index (χ1) is 14.5. The minimum atomic E-state index is 0.0432. The second-order valence-electron chi connectivity index (χ2n) is 7.82. The molecule has 2 heterocycles. The summed E-state index contributed by atoms with van der Waals surface area (Å²) in [6.45, 7) is 4.78. The van der Waals surface area contributed by atoms with Crippen molar-refractivity contribution >= 4 is 17.9 Å². The van der Waals surface area contributed by atoms with Crippen LogP contribution in [0, 0.1) is 5.92 Å². The van der Waals surface area contributed by atoms with Crippen molar-refractivity contribution in [3.8, 4) is 28.6 Å². The van der Waals surface area contributed by atoms with E-state index in [4.69, 9.17) is 20.9 Å². The summed E-state index contributed by atoms with van der Waals surface area (Å²) >= 11 is 6.32. The Kier molecular flexibility index (Phi) is 6.16. The molecule has 0 aliphatic carbocycles. The van der Waals surface area contributed by atoms with Gasteiger partial charge in [0.15, 0.2) is 0 Å². The molecule has 0 radical (unpaired) electrons. The molecule has 0 saturated carbocycles. The monoisotopic (exact) mass is 425 g/mol. The van der Waals surface area contributed by atoms with Gasteiger partial charge in [-0.05, 0) is 56.5 Å². The molecular formula is C23H24ClN3O3. The van der Waals surface area contributed by atoms with E-state index in [1.54, 1.807) is 6.07 Å². The molecule has 1 saturated heterocycles. The maximum atomic E-state index is 10.7. The fraction of sp³-hybridized carbons (Fsp3) is 0.348. The van der Waals surface area contributed by atoms with Crippen LogP contribution in [0.25, 0.3) is 22.8 Å². The summed E-state index contributed by atoms with van der Waals surface area (Å²) in [7, 11) is 0. The van der Waals surface area contributed by atoms with Gasteiger partial charge in [0.25, 0.3) is 5.89 Å². The zero-order valence-corrected chi connectivity index (χ0v) is 17.7. The van der Waals surface area contributed by atoms with E-state index in [9.17, 15) is 4.79 Å². The lowest BCUT2D eigenvalue weighted by atomic mass is 9.97. The number of rotatable bonds is 7. The number of nitrogens with zero attached hydrogens (tertiary/aromatic N) is 2. The van der Waals surface area contributed by atoms with Gasteiger partial charge in [0, 0.05) is 23.6 Å². The van der Waals surface area contributed by atoms with Gasteiger partial charge in [-0.3, -0.25) is 0 Å². The van der Waals surface area contributed by atoms with E-state index in [-0.39, 0.29) is 12.1 Å². The molecule has 2 atom stereocenters. The molecule has 0 bridgehead atoms. The third kappa shape index (κ3) is 4.55. The lowest BCUT2D eigenvalue weighted by molar-refractivity contribution is -0.108. The van der Waals surface area contributed by atoms with Crippen LogP contribution in [-0.4, -0.2) is 29.1 Å². The molecule has 3 aromatic rings. The van der Waals surface area contributed by atoms with Crippen LogP contribution in [0.3, 0.4) is 0 Å². The van der Waals surface area contributed by atoms with Gasteiger partial charge in [0.1, 0.15) is 12.0 Å². The molecule has 1 aromatic heterocycles. The van der Waals surface area contributed by atoms with Crippen molar-refractivity contribution in [2.75, 3.05) is 6.54 Å². The molecule has 30 heavy (non-hydrogen) atoms. The number of carbonyl (C=O) groups excluding carboxylic acids is 1. The summed E-state index contributed by atoms with van der Waals surface area (Å²) in [6, 6.07) is 13.8. The van der Waals surface area contributed by atoms with Crippen molar-refractivity contribution in [3.63, 3.8) is 0 Å². The van der Waals surface area contributed by atoms with Crippen LogP contribution >= 0.6 is 11.6 Å². The molecule has 1 aliphatic rings. The third-order valence-corrected chi connectivity index (χ3v) is 5.49. The minimum absolute atomic E-state index is 0.0432. The van der Waals surface area contributed by atoms with Crippen LogP contribution in [0.15, 0.2) is 47.0 Å². The van der Waals surface area contributed by atoms with Gasteiger partial charge in [-0.15, -0.1) is 0 Å². The molecule has 1 N–H and O–H groups in total. The number of halogens is 1. The Morgan fingerprint density at radius 1 is 1.23 bits per heavy atom. The molecule has 6 nitrogen and oxygen atoms in total. The average Bonchev–Trinajstić information content (AvgIpc) is 3.40. The summed E-state index contributed by atoms with van der Waals surface area (Å²) in [6.07, 6.45) is 2.63. The molecule has 4 rings (SSSR count). The molecule has 1 fully saturated rings. The van der Waals surface area contributed by atoms with E-state index in [1.807, 2.05) is 38.1 Å². The molecular weight excluding hydrogens is 402 g/mol. The highest BCUT2D eigenvalue weighted by atomic mass is 35.5. The Balaban J connectivity index is 1.48. The predicted octanol–water partition coefficient (Wildman–Crippen LogP) is 5.08. The third-order valence-electron chi connectivity index (χ3n) is 5.19. The molecule has 7 heteroatoms. The second-order valence-corrected chi connectivity index (χ2v) is 8.23. The maximum absolute atomic E-state index is 10.7. The number of benzene rings is 2. The Labute approximate surface area is 180 Å². The zero-order chi connectivity index (χ0) is 21.1. The zero-order valence-electron chi connectivity index (χ0n) is 17.0. The highest BCUT2D eigenvalue weighted by Crippen LogP contribution is 2.32. The van der Waals surface area contributed by atoms with E-state index in [2.05, 4.69) is 27.6 Å². The summed E-state index contributed by atoms with van der Waals surface area (Å²) in [5, 5.41) is 8.10. The summed E-state index contributed by atoms with van der Waals surface area (Å²) in [5.74, 6) is 1.97. The van der Waals surface area contributed by atoms with E-state index >= 15 is 0 Å². The SMILES string of the molecule is CC(C)Oc1ccc(-c2nc(-c3ccc(C4CC(CC=O)CN4)cc3)no2)cc1Cl.